The SMILES string of the molecule is CCNCC1(CN(C)C(C)c2cccs2)CCCCC1. The quantitative estimate of drug-likeness (QED) is 0.806. The number of hydrogen-bond donors (Lipinski definition) is 1. The van der Waals surface area contributed by atoms with Crippen molar-refractivity contribution in [2.45, 2.75) is 52.0 Å². The predicted octanol–water partition coefficient (Wildman–Crippen LogP) is 4.30. The predicted molar refractivity (Wildman–Crippen MR) is 89.4 cm³/mol. The van der Waals surface area contributed by atoms with Crippen LogP contribution in [0.15, 0.2) is 17.5 Å². The Labute approximate surface area is 128 Å². The molecule has 0 saturated heterocycles. The fourth-order valence-corrected chi connectivity index (χ4v) is 4.34. The van der Waals surface area contributed by atoms with Gasteiger partial charge in [-0.2, -0.15) is 0 Å². The Hall–Kier alpha value is -0.380. The second-order valence-corrected chi connectivity index (χ2v) is 7.43. The average Bonchev–Trinajstić information content (AvgIpc) is 2.99. The van der Waals surface area contributed by atoms with Gasteiger partial charge < -0.3 is 5.32 Å². The molecule has 1 atom stereocenters. The van der Waals surface area contributed by atoms with E-state index in [4.69, 9.17) is 0 Å². The van der Waals surface area contributed by atoms with Crippen molar-refractivity contribution < 1.29 is 0 Å². The first kappa shape index (κ1) is 16.0. The maximum atomic E-state index is 3.61. The molecule has 1 N–H and O–H groups in total. The molecule has 3 heteroatoms. The first-order valence-corrected chi connectivity index (χ1v) is 8.99. The van der Waals surface area contributed by atoms with Crippen molar-refractivity contribution >= 4 is 11.3 Å². The molecule has 1 aliphatic carbocycles. The van der Waals surface area contributed by atoms with Gasteiger partial charge in [0.1, 0.15) is 0 Å². The van der Waals surface area contributed by atoms with Crippen molar-refractivity contribution in [1.29, 1.82) is 0 Å². The zero-order chi connectivity index (χ0) is 14.4. The largest absolute Gasteiger partial charge is 0.316 e. The van der Waals surface area contributed by atoms with Gasteiger partial charge in [-0.25, -0.2) is 0 Å². The van der Waals surface area contributed by atoms with E-state index >= 15 is 0 Å². The topological polar surface area (TPSA) is 15.3 Å². The van der Waals surface area contributed by atoms with Crippen LogP contribution in [-0.2, 0) is 0 Å². The zero-order valence-electron chi connectivity index (χ0n) is 13.3. The smallest absolute Gasteiger partial charge is 0.0410 e. The second kappa shape index (κ2) is 7.58. The first-order valence-electron chi connectivity index (χ1n) is 8.11. The third kappa shape index (κ3) is 4.06. The number of hydrogen-bond acceptors (Lipinski definition) is 3. The highest BCUT2D eigenvalue weighted by Gasteiger charge is 2.33. The van der Waals surface area contributed by atoms with E-state index in [0.717, 1.165) is 6.54 Å². The highest BCUT2D eigenvalue weighted by atomic mass is 32.1. The molecule has 1 unspecified atom stereocenters. The minimum absolute atomic E-state index is 0.495. The highest BCUT2D eigenvalue weighted by molar-refractivity contribution is 7.10. The average molecular weight is 295 g/mol. The lowest BCUT2D eigenvalue weighted by atomic mass is 9.73. The van der Waals surface area contributed by atoms with Crippen LogP contribution in [0.1, 0.15) is 56.9 Å². The van der Waals surface area contributed by atoms with E-state index in [1.165, 1.54) is 50.1 Å². The van der Waals surface area contributed by atoms with Crippen LogP contribution in [0.4, 0.5) is 0 Å². The van der Waals surface area contributed by atoms with E-state index in [2.05, 4.69) is 48.6 Å². The Morgan fingerprint density at radius 2 is 2.10 bits per heavy atom. The van der Waals surface area contributed by atoms with Crippen LogP contribution in [0.3, 0.4) is 0 Å². The monoisotopic (exact) mass is 294 g/mol. The van der Waals surface area contributed by atoms with Gasteiger partial charge in [0.2, 0.25) is 0 Å². The van der Waals surface area contributed by atoms with Crippen molar-refractivity contribution in [2.75, 3.05) is 26.7 Å². The Bertz CT molecular complexity index is 368. The lowest BCUT2D eigenvalue weighted by Gasteiger charge is -2.42. The highest BCUT2D eigenvalue weighted by Crippen LogP contribution is 2.38. The molecule has 114 valence electrons. The number of thiophene rings is 1. The Kier molecular flexibility index (Phi) is 6.06. The number of nitrogens with one attached hydrogen (secondary N) is 1. The maximum Gasteiger partial charge on any atom is 0.0410 e. The van der Waals surface area contributed by atoms with Gasteiger partial charge in [-0.05, 0) is 50.2 Å². The summed E-state index contributed by atoms with van der Waals surface area (Å²) >= 11 is 1.88. The van der Waals surface area contributed by atoms with E-state index in [1.807, 2.05) is 11.3 Å². The lowest BCUT2D eigenvalue weighted by Crippen LogP contribution is -2.44. The molecule has 0 aliphatic heterocycles. The summed E-state index contributed by atoms with van der Waals surface area (Å²) in [5.74, 6) is 0. The van der Waals surface area contributed by atoms with Gasteiger partial charge in [0.15, 0.2) is 0 Å². The molecule has 2 nitrogen and oxygen atoms in total. The van der Waals surface area contributed by atoms with Gasteiger partial charge >= 0.3 is 0 Å². The molecular weight excluding hydrogens is 264 g/mol. The fraction of sp³-hybridized carbons (Fsp3) is 0.765. The third-order valence-electron chi connectivity index (χ3n) is 4.87. The molecule has 1 aromatic rings. The molecule has 1 aliphatic rings. The number of rotatable bonds is 7. The van der Waals surface area contributed by atoms with E-state index in [1.54, 1.807) is 0 Å². The van der Waals surface area contributed by atoms with Gasteiger partial charge in [-0.15, -0.1) is 11.3 Å². The molecule has 1 saturated carbocycles. The molecule has 0 bridgehead atoms. The van der Waals surface area contributed by atoms with Crippen molar-refractivity contribution in [3.8, 4) is 0 Å². The number of nitrogens with zero attached hydrogens (tertiary/aromatic N) is 1. The summed E-state index contributed by atoms with van der Waals surface area (Å²) in [6.07, 6.45) is 7.03. The minimum atomic E-state index is 0.495. The van der Waals surface area contributed by atoms with Gasteiger partial charge in [0.25, 0.3) is 0 Å². The van der Waals surface area contributed by atoms with Gasteiger partial charge in [0, 0.05) is 24.0 Å². The van der Waals surface area contributed by atoms with Crippen LogP contribution in [0.2, 0.25) is 0 Å². The maximum absolute atomic E-state index is 3.61. The first-order chi connectivity index (χ1) is 9.67. The van der Waals surface area contributed by atoms with E-state index in [0.29, 0.717) is 11.5 Å². The summed E-state index contributed by atoms with van der Waals surface area (Å²) in [6, 6.07) is 4.97. The van der Waals surface area contributed by atoms with Crippen molar-refractivity contribution in [2.24, 2.45) is 5.41 Å². The van der Waals surface area contributed by atoms with Crippen LogP contribution in [-0.4, -0.2) is 31.6 Å². The molecule has 0 aromatic carbocycles. The van der Waals surface area contributed by atoms with E-state index in [9.17, 15) is 0 Å². The Morgan fingerprint density at radius 1 is 1.35 bits per heavy atom. The van der Waals surface area contributed by atoms with Gasteiger partial charge in [0.05, 0.1) is 0 Å². The zero-order valence-corrected chi connectivity index (χ0v) is 14.1. The standard InChI is InChI=1S/C17H30N2S/c1-4-18-13-17(10-6-5-7-11-17)14-19(3)15(2)16-9-8-12-20-16/h8-9,12,15,18H,4-7,10-11,13-14H2,1-3H3. The van der Waals surface area contributed by atoms with Gasteiger partial charge in [-0.1, -0.05) is 32.3 Å². The summed E-state index contributed by atoms with van der Waals surface area (Å²) in [5.41, 5.74) is 0.495. The summed E-state index contributed by atoms with van der Waals surface area (Å²) < 4.78 is 0. The Balaban J connectivity index is 1.99. The molecule has 20 heavy (non-hydrogen) atoms. The lowest BCUT2D eigenvalue weighted by molar-refractivity contribution is 0.0983. The summed E-state index contributed by atoms with van der Waals surface area (Å²) in [4.78, 5) is 4.05. The fourth-order valence-electron chi connectivity index (χ4n) is 3.49. The van der Waals surface area contributed by atoms with Crippen LogP contribution in [0, 0.1) is 5.41 Å². The summed E-state index contributed by atoms with van der Waals surface area (Å²) in [6.45, 7) is 8.06. The molecule has 0 amide bonds. The summed E-state index contributed by atoms with van der Waals surface area (Å²) in [5, 5.41) is 5.80. The van der Waals surface area contributed by atoms with Crippen LogP contribution < -0.4 is 5.32 Å². The van der Waals surface area contributed by atoms with Crippen molar-refractivity contribution in [1.82, 2.24) is 10.2 Å². The molecule has 1 heterocycles. The van der Waals surface area contributed by atoms with E-state index in [-0.39, 0.29) is 0 Å². The Morgan fingerprint density at radius 3 is 2.70 bits per heavy atom. The second-order valence-electron chi connectivity index (χ2n) is 6.45. The summed E-state index contributed by atoms with van der Waals surface area (Å²) in [7, 11) is 2.30. The molecular formula is C17H30N2S. The van der Waals surface area contributed by atoms with Crippen LogP contribution >= 0.6 is 11.3 Å². The molecule has 1 aromatic heterocycles. The molecule has 1 fully saturated rings. The molecule has 0 radical (unpaired) electrons. The minimum Gasteiger partial charge on any atom is -0.316 e. The van der Waals surface area contributed by atoms with Crippen LogP contribution in [0.25, 0.3) is 0 Å². The van der Waals surface area contributed by atoms with Gasteiger partial charge in [-0.3, -0.25) is 4.90 Å². The molecule has 0 spiro atoms. The van der Waals surface area contributed by atoms with E-state index < -0.39 is 0 Å². The van der Waals surface area contributed by atoms with Crippen LogP contribution in [0.5, 0.6) is 0 Å². The van der Waals surface area contributed by atoms with Crippen molar-refractivity contribution in [3.05, 3.63) is 22.4 Å². The third-order valence-corrected chi connectivity index (χ3v) is 5.91. The normalized spacial score (nSPS) is 20.2. The van der Waals surface area contributed by atoms with Crippen molar-refractivity contribution in [3.63, 3.8) is 0 Å². The molecule has 2 rings (SSSR count).